The van der Waals surface area contributed by atoms with Gasteiger partial charge in [-0.25, -0.2) is 9.95 Å². The van der Waals surface area contributed by atoms with Gasteiger partial charge in [0.25, 0.3) is 0 Å². The Balaban J connectivity index is 2.18. The quantitative estimate of drug-likeness (QED) is 0.696. The highest BCUT2D eigenvalue weighted by molar-refractivity contribution is 5.18. The van der Waals surface area contributed by atoms with E-state index in [0.717, 1.165) is 36.9 Å². The van der Waals surface area contributed by atoms with Crippen LogP contribution in [0.5, 0.6) is 0 Å². The van der Waals surface area contributed by atoms with Crippen LogP contribution in [-0.4, -0.2) is 11.7 Å². The summed E-state index contributed by atoms with van der Waals surface area (Å²) in [5.74, 6) is 0.566. The first-order valence-corrected chi connectivity index (χ1v) is 4.70. The lowest BCUT2D eigenvalue weighted by atomic mass is 9.86. The van der Waals surface area contributed by atoms with Crippen molar-refractivity contribution in [2.24, 2.45) is 11.7 Å². The highest BCUT2D eigenvalue weighted by atomic mass is 16.5. The minimum atomic E-state index is -0.197. The second-order valence-corrected chi connectivity index (χ2v) is 3.63. The van der Waals surface area contributed by atoms with Gasteiger partial charge in [0.05, 0.1) is 11.3 Å². The summed E-state index contributed by atoms with van der Waals surface area (Å²) in [5.41, 5.74) is 7.11. The fourth-order valence-electron chi connectivity index (χ4n) is 1.98. The van der Waals surface area contributed by atoms with Crippen LogP contribution in [0, 0.1) is 5.92 Å². The van der Waals surface area contributed by atoms with E-state index in [1.165, 1.54) is 0 Å². The molecule has 0 saturated carbocycles. The Bertz CT molecular complexity index is 340. The van der Waals surface area contributed by atoms with Crippen LogP contribution in [0.2, 0.25) is 0 Å². The lowest BCUT2D eigenvalue weighted by Crippen LogP contribution is -2.20. The van der Waals surface area contributed by atoms with E-state index in [9.17, 15) is 4.79 Å². The van der Waals surface area contributed by atoms with Crippen molar-refractivity contribution in [2.45, 2.75) is 25.7 Å². The molecule has 1 aliphatic carbocycles. The maximum Gasteiger partial charge on any atom is 0.360 e. The van der Waals surface area contributed by atoms with Gasteiger partial charge in [0.2, 0.25) is 0 Å². The summed E-state index contributed by atoms with van der Waals surface area (Å²) in [6.45, 7) is 0.704. The van der Waals surface area contributed by atoms with Crippen molar-refractivity contribution in [3.8, 4) is 0 Å². The molecule has 0 aliphatic heterocycles. The Morgan fingerprint density at radius 3 is 3.23 bits per heavy atom. The van der Waals surface area contributed by atoms with E-state index in [1.807, 2.05) is 0 Å². The van der Waals surface area contributed by atoms with Gasteiger partial charge in [-0.3, -0.25) is 0 Å². The smallest absolute Gasteiger partial charge is 0.339 e. The van der Waals surface area contributed by atoms with E-state index in [4.69, 9.17) is 10.3 Å². The fraction of sp³-hybridized carbons (Fsp3) is 0.667. The van der Waals surface area contributed by atoms with Crippen molar-refractivity contribution in [3.63, 3.8) is 0 Å². The van der Waals surface area contributed by atoms with Gasteiger partial charge in [-0.2, -0.15) is 0 Å². The van der Waals surface area contributed by atoms with Crippen LogP contribution in [0.4, 0.5) is 0 Å². The van der Waals surface area contributed by atoms with Gasteiger partial charge in [0.15, 0.2) is 0 Å². The van der Waals surface area contributed by atoms with Gasteiger partial charge in [-0.1, -0.05) is 0 Å². The average molecular weight is 182 g/mol. The summed E-state index contributed by atoms with van der Waals surface area (Å²) in [4.78, 5) is 11.2. The number of aromatic nitrogens is 1. The van der Waals surface area contributed by atoms with Crippen LogP contribution in [0.25, 0.3) is 0 Å². The van der Waals surface area contributed by atoms with Gasteiger partial charge < -0.3 is 10.3 Å². The summed E-state index contributed by atoms with van der Waals surface area (Å²) < 4.78 is 4.73. The molecule has 0 aromatic carbocycles. The molecule has 0 bridgehead atoms. The zero-order valence-electron chi connectivity index (χ0n) is 7.51. The zero-order chi connectivity index (χ0) is 9.26. The van der Waals surface area contributed by atoms with Gasteiger partial charge in [0, 0.05) is 0 Å². The van der Waals surface area contributed by atoms with Crippen molar-refractivity contribution < 1.29 is 4.52 Å². The first kappa shape index (κ1) is 8.56. The van der Waals surface area contributed by atoms with Crippen LogP contribution in [0.3, 0.4) is 0 Å². The van der Waals surface area contributed by atoms with Crippen molar-refractivity contribution in [1.29, 1.82) is 0 Å². The van der Waals surface area contributed by atoms with Gasteiger partial charge in [-0.05, 0) is 38.1 Å². The number of aromatic amines is 1. The molecule has 72 valence electrons. The van der Waals surface area contributed by atoms with Crippen molar-refractivity contribution in [2.75, 3.05) is 6.54 Å². The lowest BCUT2D eigenvalue weighted by Gasteiger charge is -2.19. The molecule has 2 rings (SSSR count). The average Bonchev–Trinajstić information content (AvgIpc) is 2.49. The molecule has 3 N–H and O–H groups in total. The molecule has 13 heavy (non-hydrogen) atoms. The van der Waals surface area contributed by atoms with Gasteiger partial charge in [-0.15, -0.1) is 0 Å². The zero-order valence-corrected chi connectivity index (χ0v) is 7.51. The molecule has 1 unspecified atom stereocenters. The lowest BCUT2D eigenvalue weighted by molar-refractivity contribution is 0.383. The predicted molar refractivity (Wildman–Crippen MR) is 48.5 cm³/mol. The van der Waals surface area contributed by atoms with Crippen molar-refractivity contribution in [3.05, 3.63) is 21.7 Å². The van der Waals surface area contributed by atoms with Crippen LogP contribution in [0.1, 0.15) is 24.1 Å². The summed E-state index contributed by atoms with van der Waals surface area (Å²) >= 11 is 0. The normalized spacial score (nSPS) is 21.5. The molecule has 1 aromatic heterocycles. The monoisotopic (exact) mass is 182 g/mol. The Labute approximate surface area is 76.1 Å². The molecule has 1 aromatic rings. The third-order valence-electron chi connectivity index (χ3n) is 2.75. The molecular formula is C9H14N2O2. The van der Waals surface area contributed by atoms with Crippen molar-refractivity contribution in [1.82, 2.24) is 5.16 Å². The fourth-order valence-corrected chi connectivity index (χ4v) is 1.98. The number of hydrogen-bond acceptors (Lipinski definition) is 3. The van der Waals surface area contributed by atoms with Gasteiger partial charge in [0.1, 0.15) is 0 Å². The standard InChI is InChI=1S/C9H14N2O2/c10-4-3-6-1-2-8-7(5-6)9(12)13-11-8/h6,11H,1-5,10H2. The Kier molecular flexibility index (Phi) is 2.22. The van der Waals surface area contributed by atoms with Crippen LogP contribution < -0.4 is 11.4 Å². The molecular weight excluding hydrogens is 168 g/mol. The molecule has 1 atom stereocenters. The van der Waals surface area contributed by atoms with E-state index in [2.05, 4.69) is 5.16 Å². The van der Waals surface area contributed by atoms with Crippen LogP contribution in [0.15, 0.2) is 9.32 Å². The van der Waals surface area contributed by atoms with Gasteiger partial charge >= 0.3 is 5.63 Å². The molecule has 0 fully saturated rings. The molecule has 4 nitrogen and oxygen atoms in total. The maximum atomic E-state index is 11.2. The topological polar surface area (TPSA) is 72.0 Å². The largest absolute Gasteiger partial charge is 0.360 e. The second kappa shape index (κ2) is 3.38. The summed E-state index contributed by atoms with van der Waals surface area (Å²) in [6, 6.07) is 0. The second-order valence-electron chi connectivity index (χ2n) is 3.63. The first-order valence-electron chi connectivity index (χ1n) is 4.70. The Morgan fingerprint density at radius 1 is 1.62 bits per heavy atom. The number of rotatable bonds is 2. The number of hydrogen-bond donors (Lipinski definition) is 2. The molecule has 0 saturated heterocycles. The Morgan fingerprint density at radius 2 is 2.46 bits per heavy atom. The Hall–Kier alpha value is -1.03. The van der Waals surface area contributed by atoms with E-state index >= 15 is 0 Å². The molecule has 0 amide bonds. The van der Waals surface area contributed by atoms with E-state index in [1.54, 1.807) is 0 Å². The molecule has 1 aliphatic rings. The molecule has 1 heterocycles. The number of aryl methyl sites for hydroxylation is 1. The van der Waals surface area contributed by atoms with Crippen LogP contribution in [-0.2, 0) is 12.8 Å². The number of H-pyrrole nitrogens is 1. The SMILES string of the molecule is NCCC1CCc2[nH]oc(=O)c2C1. The first-order chi connectivity index (χ1) is 6.31. The van der Waals surface area contributed by atoms with Crippen molar-refractivity contribution >= 4 is 0 Å². The highest BCUT2D eigenvalue weighted by Gasteiger charge is 2.22. The summed E-state index contributed by atoms with van der Waals surface area (Å²) in [6.07, 6.45) is 3.87. The number of fused-ring (bicyclic) bond motifs is 1. The summed E-state index contributed by atoms with van der Waals surface area (Å²) in [7, 11) is 0. The number of nitrogens with two attached hydrogens (primary N) is 1. The third-order valence-corrected chi connectivity index (χ3v) is 2.75. The summed E-state index contributed by atoms with van der Waals surface area (Å²) in [5, 5.41) is 2.67. The predicted octanol–water partition coefficient (Wildman–Crippen LogP) is 0.422. The van der Waals surface area contributed by atoms with E-state index in [-0.39, 0.29) is 5.63 Å². The number of nitrogens with one attached hydrogen (secondary N) is 1. The highest BCUT2D eigenvalue weighted by Crippen LogP contribution is 2.23. The molecule has 4 heteroatoms. The maximum absolute atomic E-state index is 11.2. The third kappa shape index (κ3) is 1.54. The molecule has 0 radical (unpaired) electrons. The van der Waals surface area contributed by atoms with Crippen LogP contribution >= 0.6 is 0 Å². The minimum Gasteiger partial charge on any atom is -0.339 e. The molecule has 0 spiro atoms. The van der Waals surface area contributed by atoms with E-state index in [0.29, 0.717) is 12.5 Å². The van der Waals surface area contributed by atoms with E-state index < -0.39 is 0 Å². The minimum absolute atomic E-state index is 0.197.